The van der Waals surface area contributed by atoms with Crippen molar-refractivity contribution in [2.75, 3.05) is 5.32 Å². The molecule has 0 amide bonds. The second-order valence-corrected chi connectivity index (χ2v) is 5.03. The van der Waals surface area contributed by atoms with Gasteiger partial charge in [-0.05, 0) is 48.2 Å². The number of hydrogen-bond acceptors (Lipinski definition) is 2. The Kier molecular flexibility index (Phi) is 3.44. The van der Waals surface area contributed by atoms with Gasteiger partial charge in [0.05, 0.1) is 0 Å². The second-order valence-electron chi connectivity index (χ2n) is 5.03. The van der Waals surface area contributed by atoms with Gasteiger partial charge in [-0.25, -0.2) is 4.39 Å². The Balaban J connectivity index is 1.86. The van der Waals surface area contributed by atoms with Gasteiger partial charge in [0.15, 0.2) is 0 Å². The predicted octanol–water partition coefficient (Wildman–Crippen LogP) is 3.59. The third-order valence-electron chi connectivity index (χ3n) is 3.47. The standard InChI is InChI=1S/C17H15FN2O/c1-11-8-14(6-7-15(11)18)19-10-13-9-12-4-2-3-5-16(12)20-17(13)21/h2-9,19H,10H2,1H3,(H,20,21). The van der Waals surface area contributed by atoms with E-state index in [-0.39, 0.29) is 11.4 Å². The number of pyridine rings is 1. The number of aryl methyl sites for hydroxylation is 1. The van der Waals surface area contributed by atoms with Crippen LogP contribution in [0.5, 0.6) is 0 Å². The molecule has 0 bridgehead atoms. The molecule has 4 heteroatoms. The minimum atomic E-state index is -0.232. The lowest BCUT2D eigenvalue weighted by molar-refractivity contribution is 0.618. The van der Waals surface area contributed by atoms with Crippen molar-refractivity contribution < 1.29 is 4.39 Å². The molecule has 2 N–H and O–H groups in total. The van der Waals surface area contributed by atoms with Gasteiger partial charge in [-0.15, -0.1) is 0 Å². The fourth-order valence-electron chi connectivity index (χ4n) is 2.28. The highest BCUT2D eigenvalue weighted by Crippen LogP contribution is 2.15. The van der Waals surface area contributed by atoms with Crippen molar-refractivity contribution in [3.63, 3.8) is 0 Å². The quantitative estimate of drug-likeness (QED) is 0.771. The lowest BCUT2D eigenvalue weighted by Crippen LogP contribution is -2.15. The third-order valence-corrected chi connectivity index (χ3v) is 3.47. The number of rotatable bonds is 3. The Hall–Kier alpha value is -2.62. The fourth-order valence-corrected chi connectivity index (χ4v) is 2.28. The van der Waals surface area contributed by atoms with E-state index in [1.165, 1.54) is 6.07 Å². The van der Waals surface area contributed by atoms with Crippen LogP contribution in [-0.4, -0.2) is 4.98 Å². The maximum absolute atomic E-state index is 13.2. The van der Waals surface area contributed by atoms with Crippen molar-refractivity contribution in [1.29, 1.82) is 0 Å². The molecule has 1 heterocycles. The Morgan fingerprint density at radius 3 is 2.76 bits per heavy atom. The minimum Gasteiger partial charge on any atom is -0.381 e. The number of para-hydroxylation sites is 1. The Morgan fingerprint density at radius 2 is 1.95 bits per heavy atom. The number of aromatic nitrogens is 1. The molecule has 3 aromatic rings. The monoisotopic (exact) mass is 282 g/mol. The fraction of sp³-hybridized carbons (Fsp3) is 0.118. The topological polar surface area (TPSA) is 44.9 Å². The average molecular weight is 282 g/mol. The van der Waals surface area contributed by atoms with E-state index in [1.807, 2.05) is 30.3 Å². The number of aromatic amines is 1. The zero-order valence-electron chi connectivity index (χ0n) is 11.6. The number of anilines is 1. The van der Waals surface area contributed by atoms with Gasteiger partial charge in [0, 0.05) is 23.3 Å². The lowest BCUT2D eigenvalue weighted by atomic mass is 10.1. The average Bonchev–Trinajstić information content (AvgIpc) is 2.48. The van der Waals surface area contributed by atoms with E-state index < -0.39 is 0 Å². The molecule has 0 aliphatic heterocycles. The summed E-state index contributed by atoms with van der Waals surface area (Å²) >= 11 is 0. The Bertz CT molecular complexity index is 855. The summed E-state index contributed by atoms with van der Waals surface area (Å²) in [5.74, 6) is -0.232. The van der Waals surface area contributed by atoms with Crippen LogP contribution in [0.2, 0.25) is 0 Å². The van der Waals surface area contributed by atoms with Gasteiger partial charge in [0.1, 0.15) is 5.82 Å². The van der Waals surface area contributed by atoms with Gasteiger partial charge in [-0.3, -0.25) is 4.79 Å². The molecule has 2 aromatic carbocycles. The van der Waals surface area contributed by atoms with Gasteiger partial charge in [-0.2, -0.15) is 0 Å². The first-order valence-electron chi connectivity index (χ1n) is 6.74. The van der Waals surface area contributed by atoms with Crippen molar-refractivity contribution in [3.8, 4) is 0 Å². The molecule has 21 heavy (non-hydrogen) atoms. The number of H-pyrrole nitrogens is 1. The maximum Gasteiger partial charge on any atom is 0.253 e. The van der Waals surface area contributed by atoms with Crippen LogP contribution in [0.15, 0.2) is 53.3 Å². The summed E-state index contributed by atoms with van der Waals surface area (Å²) in [5, 5.41) is 4.14. The molecule has 0 aliphatic carbocycles. The van der Waals surface area contributed by atoms with Crippen molar-refractivity contribution in [2.45, 2.75) is 13.5 Å². The van der Waals surface area contributed by atoms with E-state index in [4.69, 9.17) is 0 Å². The number of nitrogens with one attached hydrogen (secondary N) is 2. The molecule has 106 valence electrons. The molecule has 0 radical (unpaired) electrons. The van der Waals surface area contributed by atoms with E-state index in [2.05, 4.69) is 10.3 Å². The molecule has 3 rings (SSSR count). The van der Waals surface area contributed by atoms with Crippen molar-refractivity contribution in [3.05, 3.63) is 75.8 Å². The molecule has 0 saturated heterocycles. The van der Waals surface area contributed by atoms with Crippen LogP contribution in [-0.2, 0) is 6.54 Å². The van der Waals surface area contributed by atoms with Crippen molar-refractivity contribution >= 4 is 16.6 Å². The molecule has 0 spiro atoms. The first kappa shape index (κ1) is 13.4. The highest BCUT2D eigenvalue weighted by Gasteiger charge is 2.04. The maximum atomic E-state index is 13.2. The van der Waals surface area contributed by atoms with Crippen LogP contribution in [0.1, 0.15) is 11.1 Å². The van der Waals surface area contributed by atoms with Crippen LogP contribution in [0, 0.1) is 12.7 Å². The number of hydrogen-bond donors (Lipinski definition) is 2. The number of halogens is 1. The van der Waals surface area contributed by atoms with Crippen molar-refractivity contribution in [1.82, 2.24) is 4.98 Å². The summed E-state index contributed by atoms with van der Waals surface area (Å²) in [5.41, 5.74) is 2.73. The second kappa shape index (κ2) is 5.40. The summed E-state index contributed by atoms with van der Waals surface area (Å²) in [7, 11) is 0. The highest BCUT2D eigenvalue weighted by molar-refractivity contribution is 5.78. The summed E-state index contributed by atoms with van der Waals surface area (Å²) in [4.78, 5) is 14.9. The number of fused-ring (bicyclic) bond motifs is 1. The minimum absolute atomic E-state index is 0.111. The van der Waals surface area contributed by atoms with Crippen LogP contribution in [0.4, 0.5) is 10.1 Å². The lowest BCUT2D eigenvalue weighted by Gasteiger charge is -2.08. The van der Waals surface area contributed by atoms with Gasteiger partial charge in [0.25, 0.3) is 5.56 Å². The third kappa shape index (κ3) is 2.79. The number of benzene rings is 2. The first-order valence-corrected chi connectivity index (χ1v) is 6.74. The first-order chi connectivity index (χ1) is 10.1. The summed E-state index contributed by atoms with van der Waals surface area (Å²) in [6, 6.07) is 14.3. The van der Waals surface area contributed by atoms with Gasteiger partial charge < -0.3 is 10.3 Å². The molecule has 3 nitrogen and oxygen atoms in total. The molecule has 0 unspecified atom stereocenters. The zero-order valence-corrected chi connectivity index (χ0v) is 11.6. The largest absolute Gasteiger partial charge is 0.381 e. The Morgan fingerprint density at radius 1 is 1.14 bits per heavy atom. The van der Waals surface area contributed by atoms with Crippen LogP contribution >= 0.6 is 0 Å². The van der Waals surface area contributed by atoms with E-state index in [0.29, 0.717) is 17.7 Å². The zero-order chi connectivity index (χ0) is 14.8. The molecular formula is C17H15FN2O. The van der Waals surface area contributed by atoms with Crippen LogP contribution < -0.4 is 10.9 Å². The van der Waals surface area contributed by atoms with Crippen LogP contribution in [0.3, 0.4) is 0 Å². The summed E-state index contributed by atoms with van der Waals surface area (Å²) in [6.45, 7) is 2.11. The Labute approximate surface area is 121 Å². The molecule has 0 fully saturated rings. The van der Waals surface area contributed by atoms with Crippen molar-refractivity contribution in [2.24, 2.45) is 0 Å². The predicted molar refractivity (Wildman–Crippen MR) is 83.0 cm³/mol. The van der Waals surface area contributed by atoms with E-state index in [1.54, 1.807) is 19.1 Å². The van der Waals surface area contributed by atoms with Gasteiger partial charge >= 0.3 is 0 Å². The SMILES string of the molecule is Cc1cc(NCc2cc3ccccc3[nH]c2=O)ccc1F. The summed E-state index contributed by atoms with van der Waals surface area (Å²) in [6.07, 6.45) is 0. The van der Waals surface area contributed by atoms with E-state index >= 15 is 0 Å². The molecule has 1 aromatic heterocycles. The summed E-state index contributed by atoms with van der Waals surface area (Å²) < 4.78 is 13.2. The normalized spacial score (nSPS) is 10.8. The highest BCUT2D eigenvalue weighted by atomic mass is 19.1. The van der Waals surface area contributed by atoms with E-state index in [0.717, 1.165) is 16.6 Å². The smallest absolute Gasteiger partial charge is 0.253 e. The van der Waals surface area contributed by atoms with E-state index in [9.17, 15) is 9.18 Å². The molecule has 0 saturated carbocycles. The molecule has 0 atom stereocenters. The van der Waals surface area contributed by atoms with Gasteiger partial charge in [-0.1, -0.05) is 18.2 Å². The molecular weight excluding hydrogens is 267 g/mol. The van der Waals surface area contributed by atoms with Crippen LogP contribution in [0.25, 0.3) is 10.9 Å². The van der Waals surface area contributed by atoms with Gasteiger partial charge in [0.2, 0.25) is 0 Å². The molecule has 0 aliphatic rings.